The second-order valence-electron chi connectivity index (χ2n) is 4.09. The van der Waals surface area contributed by atoms with Crippen LogP contribution in [0.4, 0.5) is 10.2 Å². The van der Waals surface area contributed by atoms with Crippen molar-refractivity contribution in [3.05, 3.63) is 41.2 Å². The zero-order valence-corrected chi connectivity index (χ0v) is 11.7. The maximum atomic E-state index is 13.1. The molecule has 0 radical (unpaired) electrons. The number of anilines is 1. The number of hydrogen-bond acceptors (Lipinski definition) is 4. The molecule has 106 valence electrons. The van der Waals surface area contributed by atoms with Crippen LogP contribution in [0.5, 0.6) is 0 Å². The van der Waals surface area contributed by atoms with E-state index in [2.05, 4.69) is 5.10 Å². The van der Waals surface area contributed by atoms with E-state index in [0.29, 0.717) is 16.3 Å². The molecule has 0 aliphatic carbocycles. The Balaban J connectivity index is 2.37. The molecule has 0 spiro atoms. The summed E-state index contributed by atoms with van der Waals surface area (Å²) >= 11 is 1.31. The molecule has 0 atom stereocenters. The lowest BCUT2D eigenvalue weighted by molar-refractivity contribution is 0.0694. The number of aromatic carboxylic acids is 1. The number of thioether (sulfide) groups is 1. The molecule has 0 saturated heterocycles. The number of aromatic nitrogens is 2. The molecular weight excluding hydrogens is 281 g/mol. The van der Waals surface area contributed by atoms with Crippen molar-refractivity contribution in [2.45, 2.75) is 18.5 Å². The molecule has 5 nitrogen and oxygen atoms in total. The standard InChI is InChI=1S/C13H14FN3O2S/c1-2-20-12-10(13(18)19)11(15)17(16-12)7-8-4-3-5-9(14)6-8/h3-6H,2,7,15H2,1H3,(H,18,19). The summed E-state index contributed by atoms with van der Waals surface area (Å²) in [6.07, 6.45) is 0. The third-order valence-electron chi connectivity index (χ3n) is 2.68. The van der Waals surface area contributed by atoms with Crippen LogP contribution in [0.25, 0.3) is 0 Å². The fourth-order valence-corrected chi connectivity index (χ4v) is 2.59. The third-order valence-corrected chi connectivity index (χ3v) is 3.52. The predicted octanol–water partition coefficient (Wildman–Crippen LogP) is 2.46. The fraction of sp³-hybridized carbons (Fsp3) is 0.231. The molecule has 0 amide bonds. The third kappa shape index (κ3) is 2.93. The van der Waals surface area contributed by atoms with E-state index in [1.165, 1.54) is 28.6 Å². The van der Waals surface area contributed by atoms with Crippen LogP contribution < -0.4 is 5.73 Å². The van der Waals surface area contributed by atoms with Crippen molar-refractivity contribution in [3.8, 4) is 0 Å². The number of carboxylic acid groups (broad SMARTS) is 1. The molecule has 0 fully saturated rings. The first-order valence-electron chi connectivity index (χ1n) is 5.99. The summed E-state index contributed by atoms with van der Waals surface area (Å²) in [5, 5.41) is 13.8. The van der Waals surface area contributed by atoms with E-state index >= 15 is 0 Å². The molecule has 2 aromatic rings. The molecule has 0 aliphatic heterocycles. The van der Waals surface area contributed by atoms with Gasteiger partial charge in [0.25, 0.3) is 0 Å². The van der Waals surface area contributed by atoms with E-state index in [-0.39, 0.29) is 23.7 Å². The Morgan fingerprint density at radius 3 is 2.90 bits per heavy atom. The van der Waals surface area contributed by atoms with Gasteiger partial charge in [-0.1, -0.05) is 19.1 Å². The summed E-state index contributed by atoms with van der Waals surface area (Å²) in [5.41, 5.74) is 6.51. The Morgan fingerprint density at radius 2 is 2.30 bits per heavy atom. The molecule has 0 aliphatic rings. The molecule has 0 unspecified atom stereocenters. The minimum Gasteiger partial charge on any atom is -0.477 e. The highest BCUT2D eigenvalue weighted by atomic mass is 32.2. The van der Waals surface area contributed by atoms with E-state index in [0.717, 1.165) is 0 Å². The van der Waals surface area contributed by atoms with E-state index in [9.17, 15) is 14.3 Å². The summed E-state index contributed by atoms with van der Waals surface area (Å²) < 4.78 is 14.5. The van der Waals surface area contributed by atoms with Crippen molar-refractivity contribution in [3.63, 3.8) is 0 Å². The van der Waals surface area contributed by atoms with Crippen LogP contribution in [-0.4, -0.2) is 26.6 Å². The number of carbonyl (C=O) groups is 1. The number of nitrogen functional groups attached to an aromatic ring is 1. The number of nitrogens with two attached hydrogens (primary N) is 1. The maximum Gasteiger partial charge on any atom is 0.342 e. The van der Waals surface area contributed by atoms with Crippen molar-refractivity contribution < 1.29 is 14.3 Å². The monoisotopic (exact) mass is 295 g/mol. The maximum absolute atomic E-state index is 13.1. The van der Waals surface area contributed by atoms with Crippen LogP contribution >= 0.6 is 11.8 Å². The molecule has 0 bridgehead atoms. The van der Waals surface area contributed by atoms with E-state index in [4.69, 9.17) is 5.73 Å². The lowest BCUT2D eigenvalue weighted by atomic mass is 10.2. The smallest absolute Gasteiger partial charge is 0.342 e. The second kappa shape index (κ2) is 5.96. The van der Waals surface area contributed by atoms with Gasteiger partial charge in [-0.25, -0.2) is 13.9 Å². The van der Waals surface area contributed by atoms with Crippen LogP contribution in [0, 0.1) is 5.82 Å². The summed E-state index contributed by atoms with van der Waals surface area (Å²) in [5.74, 6) is -0.687. The van der Waals surface area contributed by atoms with Gasteiger partial charge in [0.15, 0.2) is 0 Å². The number of nitrogens with zero attached hydrogens (tertiary/aromatic N) is 2. The zero-order valence-electron chi connectivity index (χ0n) is 10.8. The molecule has 1 aromatic heterocycles. The second-order valence-corrected chi connectivity index (χ2v) is 5.34. The van der Waals surface area contributed by atoms with Gasteiger partial charge >= 0.3 is 5.97 Å². The van der Waals surface area contributed by atoms with Gasteiger partial charge < -0.3 is 10.8 Å². The number of hydrogen-bond donors (Lipinski definition) is 2. The summed E-state index contributed by atoms with van der Waals surface area (Å²) in [7, 11) is 0. The van der Waals surface area contributed by atoms with Crippen LogP contribution in [0.15, 0.2) is 29.3 Å². The zero-order chi connectivity index (χ0) is 14.7. The van der Waals surface area contributed by atoms with E-state index in [1.54, 1.807) is 12.1 Å². The number of carboxylic acids is 1. The first kappa shape index (κ1) is 14.4. The van der Waals surface area contributed by atoms with Crippen LogP contribution in [0.2, 0.25) is 0 Å². The predicted molar refractivity (Wildman–Crippen MR) is 75.5 cm³/mol. The highest BCUT2D eigenvalue weighted by Crippen LogP contribution is 2.26. The molecular formula is C13H14FN3O2S. The molecule has 1 heterocycles. The summed E-state index contributed by atoms with van der Waals surface area (Å²) in [4.78, 5) is 11.2. The Bertz CT molecular complexity index is 643. The van der Waals surface area contributed by atoms with E-state index < -0.39 is 5.97 Å². The normalized spacial score (nSPS) is 10.7. The molecule has 2 rings (SSSR count). The minimum absolute atomic E-state index is 0.00764. The van der Waals surface area contributed by atoms with Gasteiger partial charge in [-0.05, 0) is 23.4 Å². The molecule has 0 saturated carbocycles. The Hall–Kier alpha value is -2.02. The highest BCUT2D eigenvalue weighted by molar-refractivity contribution is 7.99. The van der Waals surface area contributed by atoms with Gasteiger partial charge in [0, 0.05) is 0 Å². The largest absolute Gasteiger partial charge is 0.477 e. The molecule has 3 N–H and O–H groups in total. The first-order valence-corrected chi connectivity index (χ1v) is 6.98. The van der Waals surface area contributed by atoms with E-state index in [1.807, 2.05) is 6.92 Å². The van der Waals surface area contributed by atoms with Crippen LogP contribution in [0.3, 0.4) is 0 Å². The van der Waals surface area contributed by atoms with Crippen LogP contribution in [0.1, 0.15) is 22.8 Å². The van der Waals surface area contributed by atoms with Crippen molar-refractivity contribution >= 4 is 23.5 Å². The average Bonchev–Trinajstić information content (AvgIpc) is 2.66. The lowest BCUT2D eigenvalue weighted by Crippen LogP contribution is -2.08. The van der Waals surface area contributed by atoms with Crippen molar-refractivity contribution in [2.24, 2.45) is 0 Å². The Labute approximate surface area is 119 Å². The topological polar surface area (TPSA) is 81.1 Å². The lowest BCUT2D eigenvalue weighted by Gasteiger charge is -2.04. The highest BCUT2D eigenvalue weighted by Gasteiger charge is 2.21. The van der Waals surface area contributed by atoms with Gasteiger partial charge in [-0.3, -0.25) is 0 Å². The minimum atomic E-state index is -1.11. The summed E-state index contributed by atoms with van der Waals surface area (Å²) in [6, 6.07) is 6.03. The number of benzene rings is 1. The molecule has 7 heteroatoms. The molecule has 20 heavy (non-hydrogen) atoms. The van der Waals surface area contributed by atoms with Crippen molar-refractivity contribution in [2.75, 3.05) is 11.5 Å². The number of halogens is 1. The first-order chi connectivity index (χ1) is 9.52. The average molecular weight is 295 g/mol. The number of rotatable bonds is 5. The fourth-order valence-electron chi connectivity index (χ4n) is 1.82. The van der Waals surface area contributed by atoms with Crippen molar-refractivity contribution in [1.29, 1.82) is 0 Å². The Kier molecular flexibility index (Phi) is 4.29. The summed E-state index contributed by atoms with van der Waals surface area (Å²) in [6.45, 7) is 2.13. The van der Waals surface area contributed by atoms with Gasteiger partial charge in [0.2, 0.25) is 0 Å². The SMILES string of the molecule is CCSc1nn(Cc2cccc(F)c2)c(N)c1C(=O)O. The van der Waals surface area contributed by atoms with Gasteiger partial charge in [-0.2, -0.15) is 5.10 Å². The quantitative estimate of drug-likeness (QED) is 0.828. The Morgan fingerprint density at radius 1 is 1.55 bits per heavy atom. The van der Waals surface area contributed by atoms with Crippen molar-refractivity contribution in [1.82, 2.24) is 9.78 Å². The van der Waals surface area contributed by atoms with Gasteiger partial charge in [0.05, 0.1) is 6.54 Å². The van der Waals surface area contributed by atoms with Gasteiger partial charge in [-0.15, -0.1) is 11.8 Å². The molecule has 1 aromatic carbocycles. The van der Waals surface area contributed by atoms with Crippen LogP contribution in [-0.2, 0) is 6.54 Å². The van der Waals surface area contributed by atoms with Gasteiger partial charge in [0.1, 0.15) is 22.2 Å².